The number of methoxy groups -OCH3 is 1. The average molecular weight is 482 g/mol. The number of hydrogen-bond acceptors (Lipinski definition) is 4. The Balaban J connectivity index is 1.70. The van der Waals surface area contributed by atoms with Gasteiger partial charge in [-0.2, -0.15) is 0 Å². The number of carbonyl (C=O) groups is 1. The maximum atomic E-state index is 12.4. The van der Waals surface area contributed by atoms with Crippen molar-refractivity contribution in [2.45, 2.75) is 13.5 Å². The van der Waals surface area contributed by atoms with Crippen molar-refractivity contribution < 1.29 is 19.0 Å². The van der Waals surface area contributed by atoms with Crippen LogP contribution in [0.3, 0.4) is 0 Å². The third kappa shape index (κ3) is 6.36. The zero-order chi connectivity index (χ0) is 22.1. The topological polar surface area (TPSA) is 56.8 Å². The van der Waals surface area contributed by atoms with E-state index >= 15 is 0 Å². The minimum atomic E-state index is -0.258. The summed E-state index contributed by atoms with van der Waals surface area (Å²) in [5, 5.41) is 2.84. The van der Waals surface area contributed by atoms with Crippen LogP contribution < -0.4 is 19.5 Å². The average Bonchev–Trinajstić information content (AvgIpc) is 2.79. The summed E-state index contributed by atoms with van der Waals surface area (Å²) in [6.07, 6.45) is 3.18. The highest BCUT2D eigenvalue weighted by atomic mass is 79.9. The molecule has 0 radical (unpaired) electrons. The van der Waals surface area contributed by atoms with Crippen LogP contribution in [-0.2, 0) is 11.4 Å². The zero-order valence-electron chi connectivity index (χ0n) is 17.4. The lowest BCUT2D eigenvalue weighted by molar-refractivity contribution is -0.111. The standard InChI is InChI=1S/C25H24BrNO4/c1-3-30-22-12-8-7-11-21(22)27-24(28)14-13-19-15-20(26)25(23(16-19)29-2)31-17-18-9-5-4-6-10-18/h4-16H,3,17H2,1-2H3,(H,27,28). The van der Waals surface area contributed by atoms with Crippen molar-refractivity contribution in [3.05, 3.63) is 88.4 Å². The third-order valence-corrected chi connectivity index (χ3v) is 4.94. The molecule has 0 fully saturated rings. The summed E-state index contributed by atoms with van der Waals surface area (Å²) in [5.41, 5.74) is 2.48. The van der Waals surface area contributed by atoms with Gasteiger partial charge >= 0.3 is 0 Å². The molecule has 0 unspecified atom stereocenters. The van der Waals surface area contributed by atoms with E-state index in [0.717, 1.165) is 15.6 Å². The highest BCUT2D eigenvalue weighted by Gasteiger charge is 2.12. The number of hydrogen-bond donors (Lipinski definition) is 1. The summed E-state index contributed by atoms with van der Waals surface area (Å²) in [4.78, 5) is 12.4. The van der Waals surface area contributed by atoms with Crippen LogP contribution in [0.4, 0.5) is 5.69 Å². The largest absolute Gasteiger partial charge is 0.493 e. The number of nitrogens with one attached hydrogen (secondary N) is 1. The van der Waals surface area contributed by atoms with Gasteiger partial charge in [-0.25, -0.2) is 0 Å². The van der Waals surface area contributed by atoms with Crippen LogP contribution in [-0.4, -0.2) is 19.6 Å². The fourth-order valence-corrected chi connectivity index (χ4v) is 3.48. The van der Waals surface area contributed by atoms with Crippen molar-refractivity contribution in [2.24, 2.45) is 0 Å². The molecule has 0 aromatic heterocycles. The van der Waals surface area contributed by atoms with Crippen LogP contribution in [0, 0.1) is 0 Å². The molecule has 0 atom stereocenters. The van der Waals surface area contributed by atoms with Crippen molar-refractivity contribution in [2.75, 3.05) is 19.0 Å². The molecule has 3 rings (SSSR count). The van der Waals surface area contributed by atoms with Crippen molar-refractivity contribution in [3.8, 4) is 17.2 Å². The Morgan fingerprint density at radius 2 is 1.74 bits per heavy atom. The van der Waals surface area contributed by atoms with Gasteiger partial charge < -0.3 is 19.5 Å². The summed E-state index contributed by atoms with van der Waals surface area (Å²) < 4.78 is 17.7. The normalized spacial score (nSPS) is 10.7. The first-order chi connectivity index (χ1) is 15.1. The maximum absolute atomic E-state index is 12.4. The lowest BCUT2D eigenvalue weighted by atomic mass is 10.2. The van der Waals surface area contributed by atoms with Gasteiger partial charge in [-0.1, -0.05) is 42.5 Å². The molecule has 0 aliphatic carbocycles. The Bertz CT molecular complexity index is 1050. The van der Waals surface area contributed by atoms with E-state index in [1.807, 2.05) is 67.6 Å². The summed E-state index contributed by atoms with van der Waals surface area (Å²) in [6.45, 7) is 2.85. The molecule has 0 saturated heterocycles. The SMILES string of the molecule is CCOc1ccccc1NC(=O)C=Cc1cc(Br)c(OCc2ccccc2)c(OC)c1. The van der Waals surface area contributed by atoms with Crippen LogP contribution >= 0.6 is 15.9 Å². The first-order valence-electron chi connectivity index (χ1n) is 9.86. The second-order valence-corrected chi connectivity index (χ2v) is 7.41. The molecular weight excluding hydrogens is 458 g/mol. The predicted octanol–water partition coefficient (Wildman–Crippen LogP) is 6.09. The van der Waals surface area contributed by atoms with E-state index in [4.69, 9.17) is 14.2 Å². The van der Waals surface area contributed by atoms with Crippen LogP contribution in [0.1, 0.15) is 18.1 Å². The minimum Gasteiger partial charge on any atom is -0.493 e. The summed E-state index contributed by atoms with van der Waals surface area (Å²) in [7, 11) is 1.59. The molecule has 0 aliphatic rings. The van der Waals surface area contributed by atoms with E-state index in [9.17, 15) is 4.79 Å². The monoisotopic (exact) mass is 481 g/mol. The highest BCUT2D eigenvalue weighted by Crippen LogP contribution is 2.37. The predicted molar refractivity (Wildman–Crippen MR) is 127 cm³/mol. The van der Waals surface area contributed by atoms with Gasteiger partial charge in [0.25, 0.3) is 0 Å². The number of benzene rings is 3. The molecule has 1 N–H and O–H groups in total. The third-order valence-electron chi connectivity index (χ3n) is 4.35. The zero-order valence-corrected chi connectivity index (χ0v) is 19.0. The Morgan fingerprint density at radius 3 is 2.48 bits per heavy atom. The van der Waals surface area contributed by atoms with Crippen LogP contribution in [0.25, 0.3) is 6.08 Å². The molecule has 3 aromatic carbocycles. The molecule has 0 aliphatic heterocycles. The van der Waals surface area contributed by atoms with E-state index in [0.29, 0.717) is 36.1 Å². The first kappa shape index (κ1) is 22.4. The van der Waals surface area contributed by atoms with Crippen molar-refractivity contribution >= 4 is 33.6 Å². The first-order valence-corrected chi connectivity index (χ1v) is 10.6. The number of carbonyl (C=O) groups excluding carboxylic acids is 1. The second kappa shape index (κ2) is 11.2. The van der Waals surface area contributed by atoms with Gasteiger partial charge in [-0.05, 0) is 64.3 Å². The van der Waals surface area contributed by atoms with E-state index in [1.54, 1.807) is 19.3 Å². The van der Waals surface area contributed by atoms with Gasteiger partial charge in [0.2, 0.25) is 5.91 Å². The summed E-state index contributed by atoms with van der Waals surface area (Å²) >= 11 is 3.54. The van der Waals surface area contributed by atoms with Gasteiger partial charge in [-0.15, -0.1) is 0 Å². The van der Waals surface area contributed by atoms with Gasteiger partial charge in [0.15, 0.2) is 11.5 Å². The van der Waals surface area contributed by atoms with Crippen molar-refractivity contribution in [3.63, 3.8) is 0 Å². The van der Waals surface area contributed by atoms with Gasteiger partial charge in [0.05, 0.1) is 23.9 Å². The molecule has 0 heterocycles. The molecule has 5 nitrogen and oxygen atoms in total. The minimum absolute atomic E-state index is 0.258. The second-order valence-electron chi connectivity index (χ2n) is 6.56. The quantitative estimate of drug-likeness (QED) is 0.375. The fraction of sp³-hybridized carbons (Fsp3) is 0.160. The Labute approximate surface area is 190 Å². The molecule has 3 aromatic rings. The smallest absolute Gasteiger partial charge is 0.248 e. The summed E-state index contributed by atoms with van der Waals surface area (Å²) in [5.74, 6) is 1.56. The van der Waals surface area contributed by atoms with Crippen molar-refractivity contribution in [1.82, 2.24) is 0 Å². The highest BCUT2D eigenvalue weighted by molar-refractivity contribution is 9.10. The number of rotatable bonds is 9. The molecule has 31 heavy (non-hydrogen) atoms. The van der Waals surface area contributed by atoms with E-state index in [-0.39, 0.29) is 5.91 Å². The molecule has 6 heteroatoms. The number of amides is 1. The maximum Gasteiger partial charge on any atom is 0.248 e. The Morgan fingerprint density at radius 1 is 1.00 bits per heavy atom. The molecule has 0 bridgehead atoms. The molecule has 1 amide bonds. The van der Waals surface area contributed by atoms with E-state index in [2.05, 4.69) is 21.2 Å². The summed E-state index contributed by atoms with van der Waals surface area (Å²) in [6, 6.07) is 20.9. The number of ether oxygens (including phenoxy) is 3. The molecule has 0 saturated carbocycles. The van der Waals surface area contributed by atoms with Gasteiger partial charge in [-0.3, -0.25) is 4.79 Å². The number of halogens is 1. The Hall–Kier alpha value is -3.25. The molecule has 0 spiro atoms. The Kier molecular flexibility index (Phi) is 8.12. The lowest BCUT2D eigenvalue weighted by Gasteiger charge is -2.13. The van der Waals surface area contributed by atoms with Crippen LogP contribution in [0.2, 0.25) is 0 Å². The molecule has 160 valence electrons. The van der Waals surface area contributed by atoms with Crippen LogP contribution in [0.15, 0.2) is 77.3 Å². The molecular formula is C25H24BrNO4. The van der Waals surface area contributed by atoms with E-state index < -0.39 is 0 Å². The van der Waals surface area contributed by atoms with E-state index in [1.165, 1.54) is 6.08 Å². The number of anilines is 1. The number of para-hydroxylation sites is 2. The fourth-order valence-electron chi connectivity index (χ4n) is 2.90. The lowest BCUT2D eigenvalue weighted by Crippen LogP contribution is -2.09. The van der Waals surface area contributed by atoms with Crippen LogP contribution in [0.5, 0.6) is 17.2 Å². The van der Waals surface area contributed by atoms with Crippen molar-refractivity contribution in [1.29, 1.82) is 0 Å². The van der Waals surface area contributed by atoms with Gasteiger partial charge in [0, 0.05) is 6.08 Å². The van der Waals surface area contributed by atoms with Gasteiger partial charge in [0.1, 0.15) is 12.4 Å².